The summed E-state index contributed by atoms with van der Waals surface area (Å²) in [7, 11) is 0. The molecule has 1 heterocycles. The van der Waals surface area contributed by atoms with Crippen LogP contribution in [0.3, 0.4) is 0 Å². The van der Waals surface area contributed by atoms with Crippen LogP contribution in [0.25, 0.3) is 0 Å². The van der Waals surface area contributed by atoms with E-state index < -0.39 is 5.91 Å². The Labute approximate surface area is 57.4 Å². The maximum Gasteiger partial charge on any atom is 0.277 e. The van der Waals surface area contributed by atoms with Gasteiger partial charge in [-0.3, -0.25) is 10.0 Å². The number of furan rings is 1. The summed E-state index contributed by atoms with van der Waals surface area (Å²) in [5.41, 5.74) is 1.82. The van der Waals surface area contributed by atoms with Gasteiger partial charge in [0.2, 0.25) is 0 Å². The lowest BCUT2D eigenvalue weighted by Crippen LogP contribution is -2.17. The van der Waals surface area contributed by atoms with Crippen molar-refractivity contribution < 1.29 is 14.4 Å². The number of carbonyl (C=O) groups excluding carboxylic acids is 1. The van der Waals surface area contributed by atoms with Crippen molar-refractivity contribution in [1.29, 1.82) is 0 Å². The molecule has 1 amide bonds. The van der Waals surface area contributed by atoms with Crippen LogP contribution in [0.5, 0.6) is 0 Å². The molecule has 0 spiro atoms. The molecule has 1 aromatic heterocycles. The van der Waals surface area contributed by atoms with Crippen LogP contribution in [0.4, 0.5) is 0 Å². The Hall–Kier alpha value is -1.29. The minimum absolute atomic E-state index is 0.319. The highest BCUT2D eigenvalue weighted by molar-refractivity contribution is 5.93. The lowest BCUT2D eigenvalue weighted by atomic mass is 10.3. The maximum atomic E-state index is 10.6. The van der Waals surface area contributed by atoms with E-state index in [2.05, 4.69) is 0 Å². The zero-order valence-corrected chi connectivity index (χ0v) is 5.42. The van der Waals surface area contributed by atoms with Crippen LogP contribution in [-0.4, -0.2) is 11.1 Å². The summed E-state index contributed by atoms with van der Waals surface area (Å²) in [6.45, 7) is 1.72. The molecular formula is C6H7NO3. The molecule has 0 radical (unpaired) electrons. The Balaban J connectivity index is 2.85. The number of aryl methyl sites for hydroxylation is 1. The summed E-state index contributed by atoms with van der Waals surface area (Å²) in [6, 6.07) is 1.53. The van der Waals surface area contributed by atoms with Crippen LogP contribution in [0.1, 0.15) is 16.1 Å². The fourth-order valence-electron chi connectivity index (χ4n) is 0.627. The molecule has 0 aromatic carbocycles. The SMILES string of the molecule is Cc1cc(C(=O)NO)co1. The van der Waals surface area contributed by atoms with Crippen LogP contribution in [-0.2, 0) is 0 Å². The lowest BCUT2D eigenvalue weighted by Gasteiger charge is -1.88. The number of hydrogen-bond acceptors (Lipinski definition) is 3. The topological polar surface area (TPSA) is 62.5 Å². The van der Waals surface area contributed by atoms with Gasteiger partial charge in [0.15, 0.2) is 0 Å². The van der Waals surface area contributed by atoms with Gasteiger partial charge in [-0.15, -0.1) is 0 Å². The second-order valence-electron chi connectivity index (χ2n) is 1.89. The molecule has 0 bridgehead atoms. The van der Waals surface area contributed by atoms with Gasteiger partial charge in [-0.1, -0.05) is 0 Å². The predicted molar refractivity (Wildman–Crippen MR) is 32.7 cm³/mol. The number of amides is 1. The third-order valence-electron chi connectivity index (χ3n) is 1.09. The van der Waals surface area contributed by atoms with Crippen LogP contribution in [0, 0.1) is 6.92 Å². The van der Waals surface area contributed by atoms with Gasteiger partial charge in [0, 0.05) is 0 Å². The van der Waals surface area contributed by atoms with Crippen LogP contribution >= 0.6 is 0 Å². The highest BCUT2D eigenvalue weighted by atomic mass is 16.5. The van der Waals surface area contributed by atoms with Gasteiger partial charge < -0.3 is 4.42 Å². The quantitative estimate of drug-likeness (QED) is 0.447. The molecular weight excluding hydrogens is 134 g/mol. The third-order valence-corrected chi connectivity index (χ3v) is 1.09. The first-order valence-corrected chi connectivity index (χ1v) is 2.73. The van der Waals surface area contributed by atoms with Gasteiger partial charge in [0.25, 0.3) is 5.91 Å². The summed E-state index contributed by atoms with van der Waals surface area (Å²) in [5, 5.41) is 8.16. The summed E-state index contributed by atoms with van der Waals surface area (Å²) in [4.78, 5) is 10.6. The van der Waals surface area contributed by atoms with Gasteiger partial charge in [0.1, 0.15) is 12.0 Å². The first-order valence-electron chi connectivity index (χ1n) is 2.73. The molecule has 4 nitrogen and oxygen atoms in total. The van der Waals surface area contributed by atoms with E-state index in [1.165, 1.54) is 17.8 Å². The number of hydrogen-bond donors (Lipinski definition) is 2. The molecule has 0 saturated heterocycles. The largest absolute Gasteiger partial charge is 0.469 e. The first-order chi connectivity index (χ1) is 4.74. The van der Waals surface area contributed by atoms with Crippen molar-refractivity contribution >= 4 is 5.91 Å². The summed E-state index contributed by atoms with van der Waals surface area (Å²) >= 11 is 0. The van der Waals surface area contributed by atoms with Crippen molar-refractivity contribution in [2.45, 2.75) is 6.92 Å². The molecule has 0 saturated carbocycles. The van der Waals surface area contributed by atoms with Gasteiger partial charge in [0.05, 0.1) is 5.56 Å². The first kappa shape index (κ1) is 6.82. The highest BCUT2D eigenvalue weighted by Gasteiger charge is 2.05. The van der Waals surface area contributed by atoms with Gasteiger partial charge >= 0.3 is 0 Å². The predicted octanol–water partition coefficient (Wildman–Crippen LogP) is 0.707. The fourth-order valence-corrected chi connectivity index (χ4v) is 0.627. The Kier molecular flexibility index (Phi) is 1.73. The molecule has 1 aromatic rings. The molecule has 0 aliphatic heterocycles. The summed E-state index contributed by atoms with van der Waals surface area (Å²) < 4.78 is 4.82. The Morgan fingerprint density at radius 3 is 2.90 bits per heavy atom. The zero-order valence-electron chi connectivity index (χ0n) is 5.42. The number of hydroxylamine groups is 1. The van der Waals surface area contributed by atoms with E-state index in [0.29, 0.717) is 11.3 Å². The molecule has 54 valence electrons. The third kappa shape index (κ3) is 1.16. The van der Waals surface area contributed by atoms with Crippen LogP contribution in [0.15, 0.2) is 16.7 Å². The Morgan fingerprint density at radius 1 is 1.80 bits per heavy atom. The second kappa shape index (κ2) is 2.53. The van der Waals surface area contributed by atoms with E-state index >= 15 is 0 Å². The average molecular weight is 141 g/mol. The molecule has 4 heteroatoms. The average Bonchev–Trinajstić information content (AvgIpc) is 2.34. The van der Waals surface area contributed by atoms with Gasteiger partial charge in [-0.2, -0.15) is 0 Å². The maximum absolute atomic E-state index is 10.6. The van der Waals surface area contributed by atoms with E-state index in [1.54, 1.807) is 6.92 Å². The minimum Gasteiger partial charge on any atom is -0.469 e. The highest BCUT2D eigenvalue weighted by Crippen LogP contribution is 2.04. The smallest absolute Gasteiger partial charge is 0.277 e. The summed E-state index contributed by atoms with van der Waals surface area (Å²) in [6.07, 6.45) is 1.28. The molecule has 10 heavy (non-hydrogen) atoms. The van der Waals surface area contributed by atoms with E-state index in [1.807, 2.05) is 0 Å². The zero-order chi connectivity index (χ0) is 7.56. The molecule has 0 fully saturated rings. The molecule has 2 N–H and O–H groups in total. The monoisotopic (exact) mass is 141 g/mol. The van der Waals surface area contributed by atoms with E-state index in [9.17, 15) is 4.79 Å². The molecule has 0 atom stereocenters. The number of carbonyl (C=O) groups is 1. The Bertz CT molecular complexity index is 241. The van der Waals surface area contributed by atoms with Crippen molar-refractivity contribution in [3.8, 4) is 0 Å². The molecule has 0 aliphatic carbocycles. The van der Waals surface area contributed by atoms with Crippen LogP contribution < -0.4 is 5.48 Å². The molecule has 1 rings (SSSR count). The second-order valence-corrected chi connectivity index (χ2v) is 1.89. The van der Waals surface area contributed by atoms with Gasteiger partial charge in [-0.05, 0) is 13.0 Å². The molecule has 0 aliphatic rings. The lowest BCUT2D eigenvalue weighted by molar-refractivity contribution is 0.0705. The van der Waals surface area contributed by atoms with Crippen molar-refractivity contribution in [3.05, 3.63) is 23.7 Å². The van der Waals surface area contributed by atoms with Crippen molar-refractivity contribution in [1.82, 2.24) is 5.48 Å². The van der Waals surface area contributed by atoms with E-state index in [-0.39, 0.29) is 0 Å². The van der Waals surface area contributed by atoms with Crippen molar-refractivity contribution in [3.63, 3.8) is 0 Å². The number of nitrogens with one attached hydrogen (secondary N) is 1. The number of rotatable bonds is 1. The minimum atomic E-state index is -0.558. The van der Waals surface area contributed by atoms with Crippen molar-refractivity contribution in [2.24, 2.45) is 0 Å². The molecule has 0 unspecified atom stereocenters. The van der Waals surface area contributed by atoms with Crippen LogP contribution in [0.2, 0.25) is 0 Å². The van der Waals surface area contributed by atoms with E-state index in [4.69, 9.17) is 9.62 Å². The van der Waals surface area contributed by atoms with E-state index in [0.717, 1.165) is 0 Å². The standard InChI is InChI=1S/C6H7NO3/c1-4-2-5(3-10-4)6(8)7-9/h2-3,9H,1H3,(H,7,8). The fraction of sp³-hybridized carbons (Fsp3) is 0.167. The normalized spacial score (nSPS) is 9.40. The van der Waals surface area contributed by atoms with Gasteiger partial charge in [-0.25, -0.2) is 5.48 Å². The Morgan fingerprint density at radius 2 is 2.50 bits per heavy atom. The summed E-state index contributed by atoms with van der Waals surface area (Å²) in [5.74, 6) is 0.0791. The van der Waals surface area contributed by atoms with Crippen molar-refractivity contribution in [2.75, 3.05) is 0 Å².